The van der Waals surface area contributed by atoms with Gasteiger partial charge in [0.05, 0.1) is 23.1 Å². The first kappa shape index (κ1) is 19.2. The van der Waals surface area contributed by atoms with E-state index in [1.807, 2.05) is 43.0 Å². The van der Waals surface area contributed by atoms with Crippen LogP contribution in [0.5, 0.6) is 0 Å². The van der Waals surface area contributed by atoms with Gasteiger partial charge in [0.25, 0.3) is 0 Å². The van der Waals surface area contributed by atoms with Crippen LogP contribution in [0.3, 0.4) is 0 Å². The van der Waals surface area contributed by atoms with Gasteiger partial charge in [0.2, 0.25) is 0 Å². The molecule has 0 radical (unpaired) electrons. The molecule has 0 amide bonds. The average molecular weight is 405 g/mol. The monoisotopic (exact) mass is 404 g/mol. The average Bonchev–Trinajstić information content (AvgIpc) is 3.23. The van der Waals surface area contributed by atoms with E-state index in [1.165, 1.54) is 22.3 Å². The van der Waals surface area contributed by atoms with E-state index in [0.29, 0.717) is 0 Å². The lowest BCUT2D eigenvalue weighted by molar-refractivity contribution is 0.900. The number of hydrogen-bond donors (Lipinski definition) is 0. The maximum Gasteiger partial charge on any atom is 0.144 e. The van der Waals surface area contributed by atoms with Crippen molar-refractivity contribution in [2.45, 2.75) is 26.7 Å². The topological polar surface area (TPSA) is 43.1 Å². The molecule has 31 heavy (non-hydrogen) atoms. The van der Waals surface area contributed by atoms with Crippen LogP contribution in [0.25, 0.3) is 28.2 Å². The van der Waals surface area contributed by atoms with Crippen LogP contribution >= 0.6 is 0 Å². The molecule has 0 N–H and O–H groups in total. The molecule has 0 saturated carbocycles. The Labute approximate surface area is 182 Å². The number of hydrogen-bond acceptors (Lipinski definition) is 3. The highest BCUT2D eigenvalue weighted by Gasteiger charge is 2.11. The summed E-state index contributed by atoms with van der Waals surface area (Å²) in [6.45, 7) is 4.25. The molecule has 0 aliphatic heterocycles. The summed E-state index contributed by atoms with van der Waals surface area (Å²) < 4.78 is 2.13. The third-order valence-electron chi connectivity index (χ3n) is 5.65. The lowest BCUT2D eigenvalue weighted by atomic mass is 10.0. The third-order valence-corrected chi connectivity index (χ3v) is 5.65. The first-order valence-corrected chi connectivity index (χ1v) is 10.6. The van der Waals surface area contributed by atoms with Crippen LogP contribution in [0.1, 0.15) is 22.4 Å². The fourth-order valence-corrected chi connectivity index (χ4v) is 4.10. The summed E-state index contributed by atoms with van der Waals surface area (Å²) in [6.07, 6.45) is 9.50. The second-order valence-electron chi connectivity index (χ2n) is 7.96. The number of imidazole rings is 1. The summed E-state index contributed by atoms with van der Waals surface area (Å²) in [6, 6.07) is 21.0. The number of benzene rings is 2. The summed E-state index contributed by atoms with van der Waals surface area (Å²) in [5, 5.41) is 0. The predicted molar refractivity (Wildman–Crippen MR) is 125 cm³/mol. The SMILES string of the molecule is Cc1cccc(-c2ncc(CCc3nccn4c(-c5ccccc5)ncc34)cc2C)c1. The highest BCUT2D eigenvalue weighted by Crippen LogP contribution is 2.24. The van der Waals surface area contributed by atoms with Crippen LogP contribution in [-0.2, 0) is 12.8 Å². The lowest BCUT2D eigenvalue weighted by Crippen LogP contribution is -2.00. The molecule has 0 unspecified atom stereocenters. The number of rotatable bonds is 5. The van der Waals surface area contributed by atoms with Gasteiger partial charge in [-0.25, -0.2) is 4.98 Å². The van der Waals surface area contributed by atoms with E-state index >= 15 is 0 Å². The van der Waals surface area contributed by atoms with Gasteiger partial charge >= 0.3 is 0 Å². The maximum atomic E-state index is 4.77. The van der Waals surface area contributed by atoms with Crippen LogP contribution in [0.2, 0.25) is 0 Å². The molecular formula is C27H24N4. The van der Waals surface area contributed by atoms with Gasteiger partial charge in [0.15, 0.2) is 0 Å². The number of nitrogens with zero attached hydrogens (tertiary/aromatic N) is 4. The second kappa shape index (κ2) is 8.15. The number of fused-ring (bicyclic) bond motifs is 1. The van der Waals surface area contributed by atoms with Crippen molar-refractivity contribution in [1.29, 1.82) is 0 Å². The van der Waals surface area contributed by atoms with Crippen LogP contribution in [-0.4, -0.2) is 19.4 Å². The molecule has 152 valence electrons. The minimum absolute atomic E-state index is 0.842. The molecule has 3 aromatic heterocycles. The summed E-state index contributed by atoms with van der Waals surface area (Å²) in [5.74, 6) is 0.944. The lowest BCUT2D eigenvalue weighted by Gasteiger charge is -2.09. The highest BCUT2D eigenvalue weighted by atomic mass is 15.0. The normalized spacial score (nSPS) is 11.2. The third kappa shape index (κ3) is 3.84. The molecule has 0 spiro atoms. The molecule has 0 fully saturated rings. The first-order chi connectivity index (χ1) is 15.2. The smallest absolute Gasteiger partial charge is 0.144 e. The number of aryl methyl sites for hydroxylation is 4. The van der Waals surface area contributed by atoms with Gasteiger partial charge in [0.1, 0.15) is 5.82 Å². The molecule has 0 atom stereocenters. The van der Waals surface area contributed by atoms with Crippen LogP contribution < -0.4 is 0 Å². The Kier molecular flexibility index (Phi) is 5.04. The quantitative estimate of drug-likeness (QED) is 0.368. The molecule has 5 rings (SSSR count). The van der Waals surface area contributed by atoms with Gasteiger partial charge < -0.3 is 0 Å². The molecule has 4 nitrogen and oxygen atoms in total. The zero-order valence-electron chi connectivity index (χ0n) is 17.8. The standard InChI is InChI=1S/C27H24N4/c1-19-7-6-10-23(15-19)26-20(2)16-21(17-29-26)11-12-24-25-18-30-27(31(25)14-13-28-24)22-8-4-3-5-9-22/h3-10,13-18H,11-12H2,1-2H3. The van der Waals surface area contributed by atoms with Crippen molar-refractivity contribution < 1.29 is 0 Å². The Hall–Kier alpha value is -3.79. The van der Waals surface area contributed by atoms with Gasteiger partial charge in [-0.1, -0.05) is 60.2 Å². The summed E-state index contributed by atoms with van der Waals surface area (Å²) in [5.41, 5.74) is 9.11. The Morgan fingerprint density at radius 2 is 1.61 bits per heavy atom. The fourth-order valence-electron chi connectivity index (χ4n) is 4.10. The minimum Gasteiger partial charge on any atom is -0.296 e. The van der Waals surface area contributed by atoms with Crippen molar-refractivity contribution in [1.82, 2.24) is 19.4 Å². The maximum absolute atomic E-state index is 4.77. The van der Waals surface area contributed by atoms with Crippen molar-refractivity contribution >= 4 is 5.52 Å². The van der Waals surface area contributed by atoms with Crippen molar-refractivity contribution in [3.63, 3.8) is 0 Å². The van der Waals surface area contributed by atoms with Gasteiger partial charge in [-0.2, -0.15) is 0 Å². The second-order valence-corrected chi connectivity index (χ2v) is 7.96. The Balaban J connectivity index is 1.39. The summed E-state index contributed by atoms with van der Waals surface area (Å²) in [4.78, 5) is 14.1. The molecule has 3 heterocycles. The van der Waals surface area contributed by atoms with E-state index in [-0.39, 0.29) is 0 Å². The molecule has 0 aliphatic rings. The van der Waals surface area contributed by atoms with Gasteiger partial charge in [-0.05, 0) is 43.9 Å². The van der Waals surface area contributed by atoms with Crippen LogP contribution in [0, 0.1) is 13.8 Å². The van der Waals surface area contributed by atoms with E-state index in [2.05, 4.69) is 70.7 Å². The molecule has 5 aromatic rings. The molecule has 0 aliphatic carbocycles. The van der Waals surface area contributed by atoms with Gasteiger partial charge in [-0.3, -0.25) is 14.4 Å². The van der Waals surface area contributed by atoms with Crippen molar-refractivity contribution in [2.75, 3.05) is 0 Å². The largest absolute Gasteiger partial charge is 0.296 e. The number of aromatic nitrogens is 4. The van der Waals surface area contributed by atoms with Gasteiger partial charge in [-0.15, -0.1) is 0 Å². The summed E-state index contributed by atoms with van der Waals surface area (Å²) >= 11 is 0. The fraction of sp³-hybridized carbons (Fsp3) is 0.148. The van der Waals surface area contributed by atoms with Crippen molar-refractivity contribution in [3.05, 3.63) is 108 Å². The molecule has 4 heteroatoms. The zero-order valence-corrected chi connectivity index (χ0v) is 17.8. The van der Waals surface area contributed by atoms with E-state index in [9.17, 15) is 0 Å². The van der Waals surface area contributed by atoms with E-state index in [0.717, 1.165) is 41.1 Å². The molecular weight excluding hydrogens is 380 g/mol. The number of pyridine rings is 1. The molecule has 0 bridgehead atoms. The van der Waals surface area contributed by atoms with Crippen LogP contribution in [0.4, 0.5) is 0 Å². The summed E-state index contributed by atoms with van der Waals surface area (Å²) in [7, 11) is 0. The van der Waals surface area contributed by atoms with Crippen molar-refractivity contribution in [3.8, 4) is 22.6 Å². The van der Waals surface area contributed by atoms with Crippen LogP contribution in [0.15, 0.2) is 85.5 Å². The van der Waals surface area contributed by atoms with E-state index in [4.69, 9.17) is 4.98 Å². The highest BCUT2D eigenvalue weighted by molar-refractivity contribution is 5.65. The van der Waals surface area contributed by atoms with E-state index < -0.39 is 0 Å². The Bertz CT molecular complexity index is 1350. The minimum atomic E-state index is 0.842. The Morgan fingerprint density at radius 3 is 2.42 bits per heavy atom. The van der Waals surface area contributed by atoms with Gasteiger partial charge in [0, 0.05) is 29.7 Å². The zero-order chi connectivity index (χ0) is 21.2. The predicted octanol–water partition coefficient (Wildman–Crippen LogP) is 5.86. The first-order valence-electron chi connectivity index (χ1n) is 10.6. The van der Waals surface area contributed by atoms with Crippen molar-refractivity contribution in [2.24, 2.45) is 0 Å². The Morgan fingerprint density at radius 1 is 0.774 bits per heavy atom. The van der Waals surface area contributed by atoms with E-state index in [1.54, 1.807) is 0 Å². The molecule has 2 aromatic carbocycles. The molecule has 0 saturated heterocycles.